The second-order valence-electron chi connectivity index (χ2n) is 11.8. The zero-order chi connectivity index (χ0) is 36.8. The highest BCUT2D eigenvalue weighted by molar-refractivity contribution is 7.18. The molecule has 52 heavy (non-hydrogen) atoms. The molecule has 5 aromatic rings. The van der Waals surface area contributed by atoms with E-state index in [0.29, 0.717) is 39.6 Å². The third-order valence-corrected chi connectivity index (χ3v) is 16.4. The Kier molecular flexibility index (Phi) is 15.4. The van der Waals surface area contributed by atoms with Gasteiger partial charge in [0.05, 0.1) is 0 Å². The zero-order valence-corrected chi connectivity index (χ0v) is 34.7. The van der Waals surface area contributed by atoms with E-state index >= 15 is 0 Å². The third kappa shape index (κ3) is 10.6. The molecule has 0 saturated carbocycles. The molecule has 5 rings (SSSR count). The highest BCUT2D eigenvalue weighted by Gasteiger charge is 2.40. The molecule has 0 aliphatic carbocycles. The van der Waals surface area contributed by atoms with Gasteiger partial charge in [0.1, 0.15) is 20.0 Å². The van der Waals surface area contributed by atoms with E-state index in [1.54, 1.807) is 22.7 Å². The number of nitrogens with zero attached hydrogens (tertiary/aromatic N) is 4. The first-order valence-electron chi connectivity index (χ1n) is 18.2. The van der Waals surface area contributed by atoms with Crippen molar-refractivity contribution in [1.29, 1.82) is 0 Å². The van der Waals surface area contributed by atoms with Crippen molar-refractivity contribution in [2.45, 2.75) is 66.5 Å². The number of aromatic nitrogens is 4. The van der Waals surface area contributed by atoms with Crippen LogP contribution in [0, 0.1) is 0 Å². The smallest absolute Gasteiger partial charge is 0.374 e. The summed E-state index contributed by atoms with van der Waals surface area (Å²) in [4.78, 5) is 0. The summed E-state index contributed by atoms with van der Waals surface area (Å²) in [6.45, 7) is 15.4. The van der Waals surface area contributed by atoms with Crippen LogP contribution < -0.4 is 0 Å². The van der Waals surface area contributed by atoms with Gasteiger partial charge in [-0.05, 0) is 65.5 Å². The van der Waals surface area contributed by atoms with Crippen molar-refractivity contribution in [3.8, 4) is 42.3 Å². The van der Waals surface area contributed by atoms with Crippen LogP contribution in [0.2, 0.25) is 12.1 Å². The Morgan fingerprint density at radius 3 is 0.846 bits per heavy atom. The minimum absolute atomic E-state index is 0.580. The Bertz CT molecular complexity index is 1620. The summed E-state index contributed by atoms with van der Waals surface area (Å²) < 4.78 is 36.1. The minimum atomic E-state index is -2.68. The second-order valence-corrected chi connectivity index (χ2v) is 19.2. The molecule has 0 N–H and O–H groups in total. The van der Waals surface area contributed by atoms with E-state index in [0.717, 1.165) is 67.2 Å². The van der Waals surface area contributed by atoms with Gasteiger partial charge in [-0.2, -0.15) is 0 Å². The summed E-state index contributed by atoms with van der Waals surface area (Å²) in [7, 11) is -5.36. The van der Waals surface area contributed by atoms with E-state index in [1.807, 2.05) is 41.5 Å². The summed E-state index contributed by atoms with van der Waals surface area (Å²) >= 11 is 3.16. The van der Waals surface area contributed by atoms with Gasteiger partial charge in [0.25, 0.3) is 0 Å². The van der Waals surface area contributed by atoms with Crippen LogP contribution in [-0.4, -0.2) is 77.6 Å². The Labute approximate surface area is 318 Å². The van der Waals surface area contributed by atoms with Crippen molar-refractivity contribution in [3.05, 3.63) is 83.9 Å². The van der Waals surface area contributed by atoms with E-state index in [2.05, 4.69) is 93.2 Å². The summed E-state index contributed by atoms with van der Waals surface area (Å²) in [6.07, 6.45) is 1.65. The quantitative estimate of drug-likeness (QED) is 0.0632. The van der Waals surface area contributed by atoms with Crippen molar-refractivity contribution in [1.82, 2.24) is 20.4 Å². The van der Waals surface area contributed by atoms with Gasteiger partial charge in [-0.15, -0.1) is 20.4 Å². The fourth-order valence-electron chi connectivity index (χ4n) is 5.89. The zero-order valence-electron chi connectivity index (χ0n) is 31.1. The van der Waals surface area contributed by atoms with Gasteiger partial charge in [0.15, 0.2) is 0 Å². The fraction of sp³-hybridized carbons (Fsp3) is 0.421. The predicted molar refractivity (Wildman–Crippen MR) is 213 cm³/mol. The molecule has 0 amide bonds. The largest absolute Gasteiger partial charge is 0.501 e. The lowest BCUT2D eigenvalue weighted by atomic mass is 10.1. The molecule has 0 unspecified atom stereocenters. The van der Waals surface area contributed by atoms with Gasteiger partial charge in [-0.1, -0.05) is 95.5 Å². The van der Waals surface area contributed by atoms with Crippen molar-refractivity contribution in [2.24, 2.45) is 0 Å². The maximum absolute atomic E-state index is 6.02. The lowest BCUT2D eigenvalue weighted by Gasteiger charge is -2.28. The van der Waals surface area contributed by atoms with Crippen LogP contribution in [0.25, 0.3) is 42.3 Å². The molecule has 0 bridgehead atoms. The molecule has 0 aliphatic rings. The predicted octanol–water partition coefficient (Wildman–Crippen LogP) is 9.24. The van der Waals surface area contributed by atoms with Crippen LogP contribution in [0.4, 0.5) is 0 Å². The van der Waals surface area contributed by atoms with Gasteiger partial charge in [-0.25, -0.2) is 0 Å². The van der Waals surface area contributed by atoms with E-state index in [1.165, 1.54) is 11.1 Å². The fourth-order valence-corrected chi connectivity index (χ4v) is 12.8. The number of hydrogen-bond acceptors (Lipinski definition) is 12. The average molecular weight is 779 g/mol. The van der Waals surface area contributed by atoms with Crippen molar-refractivity contribution in [3.63, 3.8) is 0 Å². The topological polar surface area (TPSA) is 107 Å². The highest BCUT2D eigenvalue weighted by Crippen LogP contribution is 2.34. The van der Waals surface area contributed by atoms with Gasteiger partial charge in [-0.3, -0.25) is 0 Å². The van der Waals surface area contributed by atoms with Gasteiger partial charge >= 0.3 is 17.6 Å². The van der Waals surface area contributed by atoms with Crippen molar-refractivity contribution >= 4 is 40.3 Å². The molecule has 0 radical (unpaired) electrons. The van der Waals surface area contributed by atoms with E-state index in [4.69, 9.17) is 26.6 Å². The maximum Gasteiger partial charge on any atom is 0.501 e. The maximum atomic E-state index is 6.02. The second kappa shape index (κ2) is 19.9. The molecule has 0 aliphatic heterocycles. The Morgan fingerprint density at radius 2 is 0.615 bits per heavy atom. The third-order valence-electron chi connectivity index (χ3n) is 8.26. The lowest BCUT2D eigenvalue weighted by Crippen LogP contribution is -2.46. The van der Waals surface area contributed by atoms with Crippen LogP contribution in [0.5, 0.6) is 0 Å². The Hall–Kier alpha value is -3.03. The van der Waals surface area contributed by atoms with E-state index in [9.17, 15) is 0 Å². The molecule has 10 nitrogen and oxygen atoms in total. The first-order valence-corrected chi connectivity index (χ1v) is 23.7. The molecule has 0 fully saturated rings. The Balaban J connectivity index is 1.19. The van der Waals surface area contributed by atoms with Crippen LogP contribution in [0.3, 0.4) is 0 Å². The van der Waals surface area contributed by atoms with E-state index in [-0.39, 0.29) is 0 Å². The number of aryl methyl sites for hydroxylation is 2. The molecule has 2 aromatic heterocycles. The highest BCUT2D eigenvalue weighted by atomic mass is 32.1. The number of rotatable bonds is 22. The van der Waals surface area contributed by atoms with Crippen molar-refractivity contribution in [2.75, 3.05) is 39.6 Å². The van der Waals surface area contributed by atoms with Crippen LogP contribution in [0.15, 0.2) is 72.8 Å². The van der Waals surface area contributed by atoms with Crippen LogP contribution in [-0.2, 0) is 39.4 Å². The monoisotopic (exact) mass is 778 g/mol. The van der Waals surface area contributed by atoms with Gasteiger partial charge in [0.2, 0.25) is 0 Å². The van der Waals surface area contributed by atoms with Crippen LogP contribution >= 0.6 is 22.7 Å². The molecule has 278 valence electrons. The normalized spacial score (nSPS) is 12.1. The molecule has 0 spiro atoms. The molecule has 14 heteroatoms. The molecule has 0 atom stereocenters. The summed E-state index contributed by atoms with van der Waals surface area (Å²) in [5, 5.41) is 21.5. The molecule has 3 aromatic carbocycles. The van der Waals surface area contributed by atoms with Crippen molar-refractivity contribution < 1.29 is 26.6 Å². The molecular formula is C38H50N4O6S2Si2. The van der Waals surface area contributed by atoms with Gasteiger partial charge < -0.3 is 26.6 Å². The SMILES string of the molecule is CCO[Si](CCc1ccc(-c2nnc(-c3ccc(-c4nnc(-c5ccc(CC[Si](OCC)(OCC)OCC)cc5)s4)cc3)s2)cc1)(OCC)OCC. The summed E-state index contributed by atoms with van der Waals surface area (Å²) in [6, 6.07) is 26.7. The van der Waals surface area contributed by atoms with E-state index < -0.39 is 17.6 Å². The molecule has 0 saturated heterocycles. The first-order chi connectivity index (χ1) is 25.4. The first kappa shape index (κ1) is 40.2. The van der Waals surface area contributed by atoms with Gasteiger partial charge in [0, 0.05) is 74.0 Å². The number of hydrogen-bond donors (Lipinski definition) is 0. The molecule has 2 heterocycles. The standard InChI is InChI=1S/C38H50N4O6S2Si2/c1-7-43-51(44-8-2,45-9-3)27-25-29-13-17-31(18-14-29)35-39-41-37(49-35)33-21-23-34(24-22-33)38-42-40-36(50-38)32-19-15-30(16-20-32)26-28-52(46-10-4,47-11-5)48-12-6/h13-24H,7-12,25-28H2,1-6H3. The molecular weight excluding hydrogens is 729 g/mol. The Morgan fingerprint density at radius 1 is 0.385 bits per heavy atom. The number of benzene rings is 3. The summed E-state index contributed by atoms with van der Waals surface area (Å²) in [5.41, 5.74) is 6.52. The lowest BCUT2D eigenvalue weighted by molar-refractivity contribution is 0.0706. The minimum Gasteiger partial charge on any atom is -0.374 e. The van der Waals surface area contributed by atoms with Crippen LogP contribution in [0.1, 0.15) is 52.7 Å². The average Bonchev–Trinajstić information content (AvgIpc) is 3.86. The summed E-state index contributed by atoms with van der Waals surface area (Å²) in [5.74, 6) is 0.